The second kappa shape index (κ2) is 17.4. The van der Waals surface area contributed by atoms with Crippen LogP contribution in [-0.4, -0.2) is 15.0 Å². The molecule has 8 aromatic rings. The summed E-state index contributed by atoms with van der Waals surface area (Å²) in [4.78, 5) is 12.9. The molecule has 0 spiro atoms. The molecule has 3 heterocycles. The molecule has 0 saturated carbocycles. The standard InChI is InChI=1S/C14H17N.C14H16.2C13H15N/c1-10-11-6-5-7-13(14(2,3)4)12(11)8-9-15-10;1-14(2,3)13-10-6-8-11-7-4-5-9-12(11)13;1-13(2,3)12-5-4-11-9-14-7-6-10(11)8-12;1-13(2,3)12-8-10-6-4-5-7-11(10)9-14-12/h5-9H,1-4H3;4-10H,1-3H3;2*4-9H,1-3H3. The molecule has 0 aliphatic rings. The van der Waals surface area contributed by atoms with E-state index in [9.17, 15) is 0 Å². The third-order valence-corrected chi connectivity index (χ3v) is 10.3. The van der Waals surface area contributed by atoms with Crippen LogP contribution in [-0.2, 0) is 21.7 Å². The Morgan fingerprint density at radius 2 is 0.912 bits per heavy atom. The van der Waals surface area contributed by atoms with Crippen LogP contribution in [0.3, 0.4) is 0 Å². The van der Waals surface area contributed by atoms with Crippen molar-refractivity contribution in [1.82, 2.24) is 15.0 Å². The summed E-state index contributed by atoms with van der Waals surface area (Å²) < 4.78 is 0. The van der Waals surface area contributed by atoms with Crippen molar-refractivity contribution in [3.8, 4) is 0 Å². The maximum atomic E-state index is 4.48. The van der Waals surface area contributed by atoms with Gasteiger partial charge in [0.05, 0.1) is 0 Å². The van der Waals surface area contributed by atoms with Gasteiger partial charge in [-0.05, 0) is 85.0 Å². The van der Waals surface area contributed by atoms with Crippen LogP contribution in [0.5, 0.6) is 0 Å². The van der Waals surface area contributed by atoms with Gasteiger partial charge < -0.3 is 0 Å². The van der Waals surface area contributed by atoms with E-state index in [1.54, 1.807) is 0 Å². The van der Waals surface area contributed by atoms with E-state index in [2.05, 4.69) is 220 Å². The number of aromatic nitrogens is 3. The van der Waals surface area contributed by atoms with E-state index < -0.39 is 0 Å². The highest BCUT2D eigenvalue weighted by Gasteiger charge is 2.18. The minimum atomic E-state index is 0.129. The average Bonchev–Trinajstić information content (AvgIpc) is 3.16. The lowest BCUT2D eigenvalue weighted by Crippen LogP contribution is -2.12. The minimum Gasteiger partial charge on any atom is -0.264 e. The Kier molecular flexibility index (Phi) is 13.0. The van der Waals surface area contributed by atoms with Crippen molar-refractivity contribution in [3.05, 3.63) is 174 Å². The van der Waals surface area contributed by atoms with Crippen LogP contribution in [0.4, 0.5) is 0 Å². The van der Waals surface area contributed by atoms with Crippen LogP contribution in [0.2, 0.25) is 0 Å². The normalized spacial score (nSPS) is 11.9. The van der Waals surface area contributed by atoms with Gasteiger partial charge in [0, 0.05) is 57.7 Å². The molecule has 0 aliphatic carbocycles. The minimum absolute atomic E-state index is 0.129. The zero-order valence-electron chi connectivity index (χ0n) is 36.7. The largest absolute Gasteiger partial charge is 0.264 e. The van der Waals surface area contributed by atoms with Crippen molar-refractivity contribution in [2.45, 2.75) is 112 Å². The van der Waals surface area contributed by atoms with Crippen molar-refractivity contribution in [2.24, 2.45) is 0 Å². The quantitative estimate of drug-likeness (QED) is 0.155. The first-order valence-electron chi connectivity index (χ1n) is 20.3. The molecule has 0 bridgehead atoms. The van der Waals surface area contributed by atoms with Gasteiger partial charge in [-0.1, -0.05) is 186 Å². The molecule has 0 saturated heterocycles. The van der Waals surface area contributed by atoms with Gasteiger partial charge in [0.15, 0.2) is 0 Å². The lowest BCUT2D eigenvalue weighted by Gasteiger charge is -2.21. The molecular weight excluding hydrogens is 691 g/mol. The molecule has 0 atom stereocenters. The number of fused-ring (bicyclic) bond motifs is 4. The van der Waals surface area contributed by atoms with Crippen molar-refractivity contribution in [1.29, 1.82) is 0 Å². The Morgan fingerprint density at radius 3 is 1.56 bits per heavy atom. The zero-order valence-corrected chi connectivity index (χ0v) is 36.7. The predicted molar refractivity (Wildman–Crippen MR) is 249 cm³/mol. The van der Waals surface area contributed by atoms with Gasteiger partial charge >= 0.3 is 0 Å². The van der Waals surface area contributed by atoms with E-state index in [0.29, 0.717) is 0 Å². The highest BCUT2D eigenvalue weighted by molar-refractivity contribution is 5.88. The van der Waals surface area contributed by atoms with Gasteiger partial charge in [-0.15, -0.1) is 0 Å². The van der Waals surface area contributed by atoms with E-state index in [1.807, 2.05) is 30.9 Å². The molecule has 3 aromatic heterocycles. The number of hydrogen-bond donors (Lipinski definition) is 0. The Balaban J connectivity index is 0.000000145. The summed E-state index contributed by atoms with van der Waals surface area (Å²) in [5, 5.41) is 10.3. The number of rotatable bonds is 0. The maximum Gasteiger partial charge on any atom is 0.0463 e. The molecule has 0 aliphatic heterocycles. The zero-order chi connectivity index (χ0) is 41.6. The van der Waals surface area contributed by atoms with E-state index in [-0.39, 0.29) is 21.7 Å². The summed E-state index contributed by atoms with van der Waals surface area (Å²) in [6, 6.07) is 42.8. The Labute approximate surface area is 342 Å². The van der Waals surface area contributed by atoms with Gasteiger partial charge in [-0.2, -0.15) is 0 Å². The number of hydrogen-bond acceptors (Lipinski definition) is 3. The Hall–Kier alpha value is -5.41. The van der Waals surface area contributed by atoms with Crippen LogP contribution >= 0.6 is 0 Å². The molecule has 3 heteroatoms. The first-order chi connectivity index (χ1) is 26.7. The monoisotopic (exact) mass is 754 g/mol. The fraction of sp³-hybridized carbons (Fsp3) is 0.315. The molecular formula is C54H63N3. The maximum absolute atomic E-state index is 4.48. The Morgan fingerprint density at radius 1 is 0.368 bits per heavy atom. The summed E-state index contributed by atoms with van der Waals surface area (Å²) in [5.74, 6) is 0. The lowest BCUT2D eigenvalue weighted by atomic mass is 9.84. The van der Waals surface area contributed by atoms with Crippen LogP contribution in [0, 0.1) is 6.92 Å². The van der Waals surface area contributed by atoms with Crippen molar-refractivity contribution >= 4 is 43.1 Å². The van der Waals surface area contributed by atoms with Gasteiger partial charge in [0.25, 0.3) is 0 Å². The summed E-state index contributed by atoms with van der Waals surface area (Å²) in [6.07, 6.45) is 7.60. The summed E-state index contributed by atoms with van der Waals surface area (Å²) >= 11 is 0. The van der Waals surface area contributed by atoms with Crippen LogP contribution < -0.4 is 0 Å². The van der Waals surface area contributed by atoms with Crippen molar-refractivity contribution < 1.29 is 0 Å². The number of aryl methyl sites for hydroxylation is 1. The Bertz CT molecular complexity index is 2470. The lowest BCUT2D eigenvalue weighted by molar-refractivity contribution is 0.570. The van der Waals surface area contributed by atoms with E-state index in [1.165, 1.54) is 59.8 Å². The molecule has 294 valence electrons. The average molecular weight is 754 g/mol. The molecule has 5 aromatic carbocycles. The first-order valence-corrected chi connectivity index (χ1v) is 20.3. The SMILES string of the molecule is CC(C)(C)c1cc2ccccc2cn1.CC(C)(C)c1ccc2cnccc2c1.CC(C)(C)c1cccc2ccccc12.Cc1nccc2c(C(C)(C)C)cccc12. The van der Waals surface area contributed by atoms with Gasteiger partial charge in [-0.3, -0.25) is 15.0 Å². The molecule has 8 rings (SSSR count). The van der Waals surface area contributed by atoms with Gasteiger partial charge in [0.2, 0.25) is 0 Å². The fourth-order valence-electron chi connectivity index (χ4n) is 6.93. The topological polar surface area (TPSA) is 38.7 Å². The van der Waals surface area contributed by atoms with E-state index >= 15 is 0 Å². The van der Waals surface area contributed by atoms with Crippen LogP contribution in [0.1, 0.15) is 111 Å². The highest BCUT2D eigenvalue weighted by Crippen LogP contribution is 2.31. The summed E-state index contributed by atoms with van der Waals surface area (Å²) in [6.45, 7) is 28.8. The van der Waals surface area contributed by atoms with Crippen molar-refractivity contribution in [2.75, 3.05) is 0 Å². The van der Waals surface area contributed by atoms with Crippen molar-refractivity contribution in [3.63, 3.8) is 0 Å². The smallest absolute Gasteiger partial charge is 0.0463 e. The molecule has 0 N–H and O–H groups in total. The third-order valence-electron chi connectivity index (χ3n) is 10.3. The molecule has 0 fully saturated rings. The van der Waals surface area contributed by atoms with Crippen LogP contribution in [0.15, 0.2) is 146 Å². The number of benzene rings is 5. The highest BCUT2D eigenvalue weighted by atomic mass is 14.7. The molecule has 0 amide bonds. The fourth-order valence-corrected chi connectivity index (χ4v) is 6.93. The molecule has 57 heavy (non-hydrogen) atoms. The van der Waals surface area contributed by atoms with E-state index in [4.69, 9.17) is 0 Å². The predicted octanol–water partition coefficient (Wildman–Crippen LogP) is 15.0. The second-order valence-electron chi connectivity index (χ2n) is 19.2. The first kappa shape index (κ1) is 42.7. The molecule has 0 radical (unpaired) electrons. The van der Waals surface area contributed by atoms with Gasteiger partial charge in [-0.25, -0.2) is 0 Å². The number of pyridine rings is 3. The van der Waals surface area contributed by atoms with Gasteiger partial charge in [0.1, 0.15) is 0 Å². The van der Waals surface area contributed by atoms with E-state index in [0.717, 1.165) is 11.4 Å². The second-order valence-corrected chi connectivity index (χ2v) is 19.2. The molecule has 0 unspecified atom stereocenters. The van der Waals surface area contributed by atoms with Crippen LogP contribution in [0.25, 0.3) is 43.1 Å². The third kappa shape index (κ3) is 11.1. The summed E-state index contributed by atoms with van der Waals surface area (Å²) in [7, 11) is 0. The summed E-state index contributed by atoms with van der Waals surface area (Å²) in [5.41, 5.74) is 7.21. The number of nitrogens with zero attached hydrogens (tertiary/aromatic N) is 3. The molecule has 3 nitrogen and oxygen atoms in total.